The predicted octanol–water partition coefficient (Wildman–Crippen LogP) is 17.9. The molecule has 0 heterocycles. The maximum atomic E-state index is 6.86. The second-order valence-corrected chi connectivity index (χ2v) is 20.2. The van der Waals surface area contributed by atoms with E-state index in [-0.39, 0.29) is 10.8 Å². The van der Waals surface area contributed by atoms with Crippen molar-refractivity contribution in [2.45, 2.75) is 247 Å². The molecule has 0 aliphatic rings. The molecule has 0 spiro atoms. The van der Waals surface area contributed by atoms with Crippen LogP contribution < -0.4 is 4.52 Å². The van der Waals surface area contributed by atoms with Crippen LogP contribution in [0.5, 0.6) is 5.75 Å². The summed E-state index contributed by atoms with van der Waals surface area (Å²) in [7, 11) is -1.49. The first kappa shape index (κ1) is 50.7. The predicted molar refractivity (Wildman–Crippen MR) is 248 cm³/mol. The molecule has 2 aromatic rings. The summed E-state index contributed by atoms with van der Waals surface area (Å²) in [5.74, 6) is 1.24. The van der Waals surface area contributed by atoms with Crippen LogP contribution in [0.4, 0.5) is 0 Å². The van der Waals surface area contributed by atoms with Crippen molar-refractivity contribution in [1.29, 1.82) is 0 Å². The SMILES string of the molecule is CCCCCCCCCCCCCOP(OCCCCCCCCCCCCC)Oc1cc(C)c(C(CCC)c2cc(C(C)(C)C)[c]cc2C)cc1C(C)(C)C. The molecule has 56 heavy (non-hydrogen) atoms. The maximum absolute atomic E-state index is 6.86. The molecule has 1 atom stereocenters. The lowest BCUT2D eigenvalue weighted by molar-refractivity contribution is 0.197. The fourth-order valence-electron chi connectivity index (χ4n) is 7.87. The molecule has 0 aliphatic carbocycles. The Bertz CT molecular complexity index is 1260. The Labute approximate surface area is 350 Å². The van der Waals surface area contributed by atoms with E-state index in [0.717, 1.165) is 31.4 Å². The number of benzene rings is 2. The molecule has 4 heteroatoms. The smallest absolute Gasteiger partial charge is 0.397 e. The molecule has 3 nitrogen and oxygen atoms in total. The third-order valence-corrected chi connectivity index (χ3v) is 12.7. The van der Waals surface area contributed by atoms with Gasteiger partial charge in [-0.05, 0) is 83.9 Å². The Hall–Kier alpha value is -1.41. The molecule has 0 amide bonds. The molecule has 0 aromatic heterocycles. The summed E-state index contributed by atoms with van der Waals surface area (Å²) in [6.45, 7) is 26.6. The van der Waals surface area contributed by atoms with Crippen molar-refractivity contribution in [3.8, 4) is 5.75 Å². The number of hydrogen-bond acceptors (Lipinski definition) is 3. The highest BCUT2D eigenvalue weighted by atomic mass is 31.2. The molecule has 0 N–H and O–H groups in total. The minimum atomic E-state index is -1.49. The van der Waals surface area contributed by atoms with Gasteiger partial charge in [0.15, 0.2) is 0 Å². The van der Waals surface area contributed by atoms with Gasteiger partial charge in [-0.1, -0.05) is 215 Å². The summed E-state index contributed by atoms with van der Waals surface area (Å²) in [4.78, 5) is 0. The lowest BCUT2D eigenvalue weighted by Crippen LogP contribution is -2.17. The zero-order valence-electron chi connectivity index (χ0n) is 38.9. The topological polar surface area (TPSA) is 27.7 Å². The van der Waals surface area contributed by atoms with Gasteiger partial charge in [0.2, 0.25) is 0 Å². The molecule has 1 radical (unpaired) electrons. The van der Waals surface area contributed by atoms with Gasteiger partial charge >= 0.3 is 8.60 Å². The minimum absolute atomic E-state index is 0.0564. The molecule has 321 valence electrons. The van der Waals surface area contributed by atoms with E-state index in [0.29, 0.717) is 19.1 Å². The van der Waals surface area contributed by atoms with Crippen LogP contribution in [-0.4, -0.2) is 13.2 Å². The largest absolute Gasteiger partial charge is 0.426 e. The molecule has 0 saturated heterocycles. The Morgan fingerprint density at radius 2 is 0.946 bits per heavy atom. The first-order valence-corrected chi connectivity index (χ1v) is 24.8. The standard InChI is InChI=1S/C52H90O3P/c1-12-15-17-19-21-23-25-27-29-31-33-38-53-56(54-39-34-32-30-28-26-24-22-20-18-16-13-2)55-50-40-44(5)48(42-49(50)52(9,10)11)46(35-14-3)47-41-45(51(6,7)8)37-36-43(47)4/h36,40-42,46H,12-35,38-39H2,1-11H3. The average Bonchev–Trinajstić information content (AvgIpc) is 3.14. The monoisotopic (exact) mass is 794 g/mol. The number of aryl methyl sites for hydroxylation is 2. The summed E-state index contributed by atoms with van der Waals surface area (Å²) < 4.78 is 19.9. The van der Waals surface area contributed by atoms with Gasteiger partial charge in [-0.25, -0.2) is 0 Å². The van der Waals surface area contributed by atoms with E-state index in [1.165, 1.54) is 162 Å². The van der Waals surface area contributed by atoms with Gasteiger partial charge < -0.3 is 13.6 Å². The lowest BCUT2D eigenvalue weighted by Gasteiger charge is -2.30. The van der Waals surface area contributed by atoms with Gasteiger partial charge in [-0.3, -0.25) is 0 Å². The van der Waals surface area contributed by atoms with E-state index >= 15 is 0 Å². The van der Waals surface area contributed by atoms with Crippen LogP contribution in [0, 0.1) is 19.9 Å². The first-order chi connectivity index (χ1) is 26.8. The summed E-state index contributed by atoms with van der Waals surface area (Å²) in [6.07, 6.45) is 31.5. The van der Waals surface area contributed by atoms with Crippen LogP contribution in [0.3, 0.4) is 0 Å². The van der Waals surface area contributed by atoms with Gasteiger partial charge in [0, 0.05) is 11.5 Å². The fraction of sp³-hybridized carbons (Fsp3) is 0.769. The summed E-state index contributed by atoms with van der Waals surface area (Å²) >= 11 is 0. The van der Waals surface area contributed by atoms with Crippen molar-refractivity contribution in [1.82, 2.24) is 0 Å². The van der Waals surface area contributed by atoms with Gasteiger partial charge in [0.1, 0.15) is 5.75 Å². The van der Waals surface area contributed by atoms with Crippen molar-refractivity contribution >= 4 is 8.60 Å². The van der Waals surface area contributed by atoms with E-state index in [1.54, 1.807) is 0 Å². The molecule has 1 unspecified atom stereocenters. The molecular formula is C52H90O3P. The average molecular weight is 794 g/mol. The van der Waals surface area contributed by atoms with Crippen LogP contribution in [0.15, 0.2) is 24.3 Å². The van der Waals surface area contributed by atoms with Crippen LogP contribution in [-0.2, 0) is 19.9 Å². The Kier molecular flexibility index (Phi) is 26.2. The van der Waals surface area contributed by atoms with Gasteiger partial charge in [0.25, 0.3) is 0 Å². The van der Waals surface area contributed by atoms with Crippen molar-refractivity contribution in [3.63, 3.8) is 0 Å². The highest BCUT2D eigenvalue weighted by Gasteiger charge is 2.28. The minimum Gasteiger partial charge on any atom is -0.426 e. The van der Waals surface area contributed by atoms with Crippen molar-refractivity contribution in [2.24, 2.45) is 0 Å². The van der Waals surface area contributed by atoms with Crippen LogP contribution in [0.25, 0.3) is 0 Å². The zero-order valence-corrected chi connectivity index (χ0v) is 39.8. The Morgan fingerprint density at radius 3 is 1.36 bits per heavy atom. The summed E-state index contributed by atoms with van der Waals surface area (Å²) in [5, 5.41) is 0. The van der Waals surface area contributed by atoms with Gasteiger partial charge in [-0.15, -0.1) is 0 Å². The number of hydrogen-bond donors (Lipinski definition) is 0. The number of unbranched alkanes of at least 4 members (excludes halogenated alkanes) is 20. The molecular weight excluding hydrogens is 704 g/mol. The molecule has 0 bridgehead atoms. The van der Waals surface area contributed by atoms with Crippen LogP contribution in [0.1, 0.15) is 256 Å². The normalized spacial score (nSPS) is 12.9. The van der Waals surface area contributed by atoms with Gasteiger partial charge in [-0.2, -0.15) is 0 Å². The highest BCUT2D eigenvalue weighted by Crippen LogP contribution is 2.47. The van der Waals surface area contributed by atoms with Crippen molar-refractivity contribution in [3.05, 3.63) is 63.7 Å². The van der Waals surface area contributed by atoms with E-state index in [9.17, 15) is 0 Å². The van der Waals surface area contributed by atoms with E-state index in [1.807, 2.05) is 0 Å². The van der Waals surface area contributed by atoms with Crippen LogP contribution in [0.2, 0.25) is 0 Å². The van der Waals surface area contributed by atoms with E-state index < -0.39 is 8.60 Å². The molecule has 0 saturated carbocycles. The fourth-order valence-corrected chi connectivity index (χ4v) is 8.92. The molecule has 2 rings (SSSR count). The second-order valence-electron chi connectivity index (χ2n) is 19.1. The summed E-state index contributed by atoms with van der Waals surface area (Å²) in [6, 6.07) is 13.0. The maximum Gasteiger partial charge on any atom is 0.397 e. The Morgan fingerprint density at radius 1 is 0.518 bits per heavy atom. The Balaban J connectivity index is 2.15. The molecule has 0 fully saturated rings. The molecule has 2 aromatic carbocycles. The van der Waals surface area contributed by atoms with Gasteiger partial charge in [0.05, 0.1) is 13.2 Å². The zero-order chi connectivity index (χ0) is 41.2. The summed E-state index contributed by atoms with van der Waals surface area (Å²) in [5.41, 5.74) is 7.91. The quantitative estimate of drug-likeness (QED) is 0.0545. The lowest BCUT2D eigenvalue weighted by atomic mass is 9.77. The molecule has 0 aliphatic heterocycles. The van der Waals surface area contributed by atoms with Crippen molar-refractivity contribution in [2.75, 3.05) is 13.2 Å². The highest BCUT2D eigenvalue weighted by molar-refractivity contribution is 7.42. The first-order valence-electron chi connectivity index (χ1n) is 23.7. The van der Waals surface area contributed by atoms with Crippen LogP contribution >= 0.6 is 8.60 Å². The third-order valence-electron chi connectivity index (χ3n) is 11.6. The van der Waals surface area contributed by atoms with E-state index in [2.05, 4.69) is 106 Å². The van der Waals surface area contributed by atoms with Crippen molar-refractivity contribution < 1.29 is 13.6 Å². The third kappa shape index (κ3) is 20.5. The second kappa shape index (κ2) is 28.9. The number of rotatable bonds is 32. The van der Waals surface area contributed by atoms with E-state index in [4.69, 9.17) is 13.6 Å².